The fourth-order valence-electron chi connectivity index (χ4n) is 6.13. The summed E-state index contributed by atoms with van der Waals surface area (Å²) in [6.07, 6.45) is 3.15. The Morgan fingerprint density at radius 1 is 1.17 bits per heavy atom. The van der Waals surface area contributed by atoms with Crippen LogP contribution in [0.5, 0.6) is 0 Å². The van der Waals surface area contributed by atoms with Crippen LogP contribution in [0.2, 0.25) is 0 Å². The highest BCUT2D eigenvalue weighted by Gasteiger charge is 2.44. The lowest BCUT2D eigenvalue weighted by Crippen LogP contribution is -2.42. The molecule has 41 heavy (non-hydrogen) atoms. The topological polar surface area (TPSA) is 140 Å². The number of tetrazole rings is 1. The van der Waals surface area contributed by atoms with Gasteiger partial charge in [0.05, 0.1) is 18.0 Å². The molecule has 2 aromatic carbocycles. The average molecular weight is 559 g/mol. The van der Waals surface area contributed by atoms with Crippen molar-refractivity contribution in [3.8, 4) is 6.07 Å². The van der Waals surface area contributed by atoms with Gasteiger partial charge in [-0.3, -0.25) is 9.59 Å². The lowest BCUT2D eigenvalue weighted by molar-refractivity contribution is -0.130. The number of amides is 2. The number of carbonyl (C=O) groups is 2. The molecule has 1 unspecified atom stereocenters. The van der Waals surface area contributed by atoms with Crippen LogP contribution in [-0.2, 0) is 23.1 Å². The van der Waals surface area contributed by atoms with Crippen LogP contribution in [0, 0.1) is 17.1 Å². The van der Waals surface area contributed by atoms with Crippen LogP contribution in [0.4, 0.5) is 4.39 Å². The van der Waals surface area contributed by atoms with Gasteiger partial charge in [0.1, 0.15) is 11.9 Å². The zero-order valence-corrected chi connectivity index (χ0v) is 23.6. The number of aromatic nitrogens is 4. The van der Waals surface area contributed by atoms with Crippen LogP contribution in [0.1, 0.15) is 78.5 Å². The molecule has 1 fully saturated rings. The number of aryl methyl sites for hydroxylation is 2. The van der Waals surface area contributed by atoms with Gasteiger partial charge in [0.2, 0.25) is 5.91 Å². The van der Waals surface area contributed by atoms with Crippen molar-refractivity contribution in [1.82, 2.24) is 36.2 Å². The molecule has 1 aliphatic carbocycles. The minimum atomic E-state index is -0.893. The van der Waals surface area contributed by atoms with E-state index < -0.39 is 11.0 Å². The molecule has 1 saturated heterocycles. The van der Waals surface area contributed by atoms with Crippen molar-refractivity contribution in [3.63, 3.8) is 0 Å². The SMILES string of the molecule is CC(C)(C)NC(=O)c1ccc2c(c1)CCc1cc(F)ccc1C2(CCNCC(=O)N1CCC[C@H]1C#N)c1nnn[nH]1. The Hall–Kier alpha value is -4.17. The number of hydrogen-bond donors (Lipinski definition) is 3. The minimum absolute atomic E-state index is 0.0952. The average Bonchev–Trinajstić information content (AvgIpc) is 3.62. The second-order valence-corrected chi connectivity index (χ2v) is 11.8. The first-order valence-electron chi connectivity index (χ1n) is 14.0. The van der Waals surface area contributed by atoms with E-state index in [2.05, 4.69) is 37.3 Å². The molecule has 1 aromatic heterocycles. The van der Waals surface area contributed by atoms with Crippen molar-refractivity contribution < 1.29 is 14.0 Å². The minimum Gasteiger partial charge on any atom is -0.347 e. The number of rotatable bonds is 7. The van der Waals surface area contributed by atoms with Crippen LogP contribution in [0.15, 0.2) is 36.4 Å². The van der Waals surface area contributed by atoms with Gasteiger partial charge in [0.15, 0.2) is 5.82 Å². The summed E-state index contributed by atoms with van der Waals surface area (Å²) in [5.41, 5.74) is 2.84. The highest BCUT2D eigenvalue weighted by Crippen LogP contribution is 2.46. The molecule has 5 rings (SSSR count). The lowest BCUT2D eigenvalue weighted by atomic mass is 9.69. The van der Waals surface area contributed by atoms with E-state index in [1.54, 1.807) is 23.1 Å². The van der Waals surface area contributed by atoms with Gasteiger partial charge in [-0.1, -0.05) is 12.1 Å². The van der Waals surface area contributed by atoms with E-state index in [1.165, 1.54) is 6.07 Å². The molecule has 0 bridgehead atoms. The highest BCUT2D eigenvalue weighted by molar-refractivity contribution is 5.95. The van der Waals surface area contributed by atoms with Crippen LogP contribution in [-0.4, -0.2) is 68.6 Å². The smallest absolute Gasteiger partial charge is 0.251 e. The molecule has 2 heterocycles. The summed E-state index contributed by atoms with van der Waals surface area (Å²) in [5.74, 6) is -0.107. The third-order valence-electron chi connectivity index (χ3n) is 7.93. The predicted molar refractivity (Wildman–Crippen MR) is 149 cm³/mol. The van der Waals surface area contributed by atoms with E-state index in [9.17, 15) is 19.2 Å². The third kappa shape index (κ3) is 5.70. The summed E-state index contributed by atoms with van der Waals surface area (Å²) in [6.45, 7) is 6.90. The second kappa shape index (κ2) is 11.4. The van der Waals surface area contributed by atoms with Crippen LogP contribution < -0.4 is 10.6 Å². The van der Waals surface area contributed by atoms with Gasteiger partial charge in [-0.05, 0) is 116 Å². The summed E-state index contributed by atoms with van der Waals surface area (Å²) < 4.78 is 14.5. The van der Waals surface area contributed by atoms with E-state index in [-0.39, 0.29) is 30.2 Å². The van der Waals surface area contributed by atoms with E-state index in [0.29, 0.717) is 50.2 Å². The van der Waals surface area contributed by atoms with Gasteiger partial charge in [-0.25, -0.2) is 9.49 Å². The number of benzene rings is 2. The molecule has 214 valence electrons. The van der Waals surface area contributed by atoms with Gasteiger partial charge in [0.25, 0.3) is 5.91 Å². The molecule has 2 amide bonds. The fraction of sp³-hybridized carbons (Fsp3) is 0.467. The number of aromatic amines is 1. The molecule has 0 radical (unpaired) electrons. The number of halogens is 1. The van der Waals surface area contributed by atoms with Gasteiger partial charge in [-0.15, -0.1) is 5.10 Å². The van der Waals surface area contributed by atoms with Crippen LogP contribution in [0.3, 0.4) is 0 Å². The normalized spacial score (nSPS) is 20.1. The Labute approximate surface area is 238 Å². The van der Waals surface area contributed by atoms with Gasteiger partial charge in [-0.2, -0.15) is 5.26 Å². The fourth-order valence-corrected chi connectivity index (χ4v) is 6.13. The number of likely N-dealkylation sites (tertiary alicyclic amines) is 1. The van der Waals surface area contributed by atoms with Crippen molar-refractivity contribution in [1.29, 1.82) is 5.26 Å². The van der Waals surface area contributed by atoms with Gasteiger partial charge < -0.3 is 15.5 Å². The standard InChI is InChI=1S/C30H35FN8O2/c1-29(2,3)34-27(41)21-8-10-24-19(15-21)6-7-20-16-22(31)9-11-25(20)30(24,28-35-37-38-36-28)12-13-33-18-26(40)39-14-4-5-23(39)17-32/h8-11,15-16,23,33H,4-7,12-14,18H2,1-3H3,(H,34,41)(H,35,36,37,38)/t23-,30?/m0/s1. The number of fused-ring (bicyclic) bond motifs is 2. The predicted octanol–water partition coefficient (Wildman–Crippen LogP) is 2.79. The summed E-state index contributed by atoms with van der Waals surface area (Å²) in [5, 5.41) is 30.7. The van der Waals surface area contributed by atoms with Crippen molar-refractivity contribution in [2.45, 2.75) is 69.9 Å². The van der Waals surface area contributed by atoms with Crippen molar-refractivity contribution in [3.05, 3.63) is 75.9 Å². The van der Waals surface area contributed by atoms with Crippen LogP contribution >= 0.6 is 0 Å². The largest absolute Gasteiger partial charge is 0.347 e. The molecule has 3 aromatic rings. The Balaban J connectivity index is 1.52. The van der Waals surface area contributed by atoms with Crippen molar-refractivity contribution in [2.75, 3.05) is 19.6 Å². The van der Waals surface area contributed by atoms with Gasteiger partial charge >= 0.3 is 0 Å². The molecular weight excluding hydrogens is 523 g/mol. The van der Waals surface area contributed by atoms with E-state index in [1.807, 2.05) is 32.9 Å². The monoisotopic (exact) mass is 558 g/mol. The highest BCUT2D eigenvalue weighted by atomic mass is 19.1. The summed E-state index contributed by atoms with van der Waals surface area (Å²) in [6, 6.07) is 12.3. The maximum atomic E-state index is 14.5. The van der Waals surface area contributed by atoms with E-state index in [0.717, 1.165) is 28.7 Å². The first-order chi connectivity index (χ1) is 19.6. The molecule has 10 nitrogen and oxygen atoms in total. The molecular formula is C30H35FN8O2. The first kappa shape index (κ1) is 28.4. The van der Waals surface area contributed by atoms with Crippen molar-refractivity contribution in [2.24, 2.45) is 0 Å². The Morgan fingerprint density at radius 2 is 1.90 bits per heavy atom. The molecule has 11 heteroatoms. The maximum absolute atomic E-state index is 14.5. The van der Waals surface area contributed by atoms with E-state index in [4.69, 9.17) is 0 Å². The molecule has 3 N–H and O–H groups in total. The molecule has 2 aliphatic rings. The number of H-pyrrole nitrogens is 1. The number of nitrogens with one attached hydrogen (secondary N) is 3. The Morgan fingerprint density at radius 3 is 2.59 bits per heavy atom. The number of carbonyl (C=O) groups excluding carboxylic acids is 2. The maximum Gasteiger partial charge on any atom is 0.251 e. The molecule has 2 atom stereocenters. The summed E-state index contributed by atoms with van der Waals surface area (Å²) in [4.78, 5) is 27.5. The van der Waals surface area contributed by atoms with Gasteiger partial charge in [0, 0.05) is 17.6 Å². The summed E-state index contributed by atoms with van der Waals surface area (Å²) in [7, 11) is 0. The zero-order valence-electron chi connectivity index (χ0n) is 23.6. The third-order valence-corrected chi connectivity index (χ3v) is 7.93. The molecule has 0 spiro atoms. The molecule has 1 aliphatic heterocycles. The lowest BCUT2D eigenvalue weighted by Gasteiger charge is -2.34. The Bertz CT molecular complexity index is 1480. The second-order valence-electron chi connectivity index (χ2n) is 11.8. The first-order valence-corrected chi connectivity index (χ1v) is 14.0. The summed E-state index contributed by atoms with van der Waals surface area (Å²) >= 11 is 0. The molecule has 0 saturated carbocycles. The Kier molecular flexibility index (Phi) is 7.87. The van der Waals surface area contributed by atoms with Crippen LogP contribution in [0.25, 0.3) is 0 Å². The number of nitrogens with zero attached hydrogens (tertiary/aromatic N) is 5. The number of nitriles is 1. The number of hydrogen-bond acceptors (Lipinski definition) is 7. The zero-order chi connectivity index (χ0) is 29.2. The van der Waals surface area contributed by atoms with Crippen molar-refractivity contribution >= 4 is 11.8 Å². The van der Waals surface area contributed by atoms with E-state index >= 15 is 0 Å². The quantitative estimate of drug-likeness (QED) is 0.379.